The predicted molar refractivity (Wildman–Crippen MR) is 83.3 cm³/mol. The maximum Gasteiger partial charge on any atom is 0.227 e. The summed E-state index contributed by atoms with van der Waals surface area (Å²) in [5.74, 6) is -0.180. The van der Waals surface area contributed by atoms with E-state index in [1.165, 1.54) is 12.1 Å². The van der Waals surface area contributed by atoms with E-state index in [-0.39, 0.29) is 11.7 Å². The zero-order chi connectivity index (χ0) is 15.7. The van der Waals surface area contributed by atoms with Crippen LogP contribution in [0.5, 0.6) is 0 Å². The van der Waals surface area contributed by atoms with E-state index in [2.05, 4.69) is 0 Å². The number of aryl methyl sites for hydroxylation is 1. The molecule has 0 bridgehead atoms. The van der Waals surface area contributed by atoms with Crippen molar-refractivity contribution in [1.82, 2.24) is 0 Å². The smallest absolute Gasteiger partial charge is 0.227 e. The fraction of sp³-hybridized carbons (Fsp3) is 0.278. The lowest BCUT2D eigenvalue weighted by molar-refractivity contribution is -0.118. The number of aliphatic hydroxyl groups is 1. The summed E-state index contributed by atoms with van der Waals surface area (Å²) in [6, 6.07) is 11.5. The summed E-state index contributed by atoms with van der Waals surface area (Å²) in [6.45, 7) is 2.60. The lowest BCUT2D eigenvalue weighted by Gasteiger charge is -2.29. The number of aliphatic hydroxyl groups excluding tert-OH is 1. The Hall–Kier alpha value is -2.20. The third-order valence-electron chi connectivity index (χ3n) is 4.12. The molecule has 4 heteroatoms. The van der Waals surface area contributed by atoms with E-state index >= 15 is 0 Å². The molecule has 0 saturated heterocycles. The minimum atomic E-state index is -0.793. The average molecular weight is 299 g/mol. The van der Waals surface area contributed by atoms with Crippen LogP contribution in [0.25, 0.3) is 0 Å². The molecule has 2 aromatic rings. The third kappa shape index (κ3) is 2.62. The SMILES string of the molecule is CCN1C(=O)CCc2cc(C(O)c3ccc(F)cc3)ccc21. The number of hydrogen-bond donors (Lipinski definition) is 1. The molecule has 3 nitrogen and oxygen atoms in total. The number of anilines is 1. The summed E-state index contributed by atoms with van der Waals surface area (Å²) < 4.78 is 13.0. The monoisotopic (exact) mass is 299 g/mol. The van der Waals surface area contributed by atoms with Crippen molar-refractivity contribution in [2.24, 2.45) is 0 Å². The van der Waals surface area contributed by atoms with E-state index in [1.807, 2.05) is 25.1 Å². The minimum absolute atomic E-state index is 0.141. The van der Waals surface area contributed by atoms with Gasteiger partial charge in [-0.05, 0) is 48.2 Å². The van der Waals surface area contributed by atoms with Crippen molar-refractivity contribution in [1.29, 1.82) is 0 Å². The van der Waals surface area contributed by atoms with Crippen LogP contribution >= 0.6 is 0 Å². The minimum Gasteiger partial charge on any atom is -0.384 e. The van der Waals surface area contributed by atoms with E-state index < -0.39 is 6.10 Å². The Morgan fingerprint density at radius 1 is 1.14 bits per heavy atom. The maximum absolute atomic E-state index is 13.0. The molecule has 1 aliphatic rings. The van der Waals surface area contributed by atoms with Gasteiger partial charge in [0, 0.05) is 18.7 Å². The number of rotatable bonds is 3. The van der Waals surface area contributed by atoms with Crippen LogP contribution in [-0.4, -0.2) is 17.6 Å². The van der Waals surface area contributed by atoms with Crippen LogP contribution in [-0.2, 0) is 11.2 Å². The van der Waals surface area contributed by atoms with Gasteiger partial charge in [0.25, 0.3) is 0 Å². The summed E-state index contributed by atoms with van der Waals surface area (Å²) in [5, 5.41) is 10.5. The quantitative estimate of drug-likeness (QED) is 0.945. The summed E-state index contributed by atoms with van der Waals surface area (Å²) in [5.41, 5.74) is 3.41. The molecule has 1 unspecified atom stereocenters. The zero-order valence-electron chi connectivity index (χ0n) is 12.4. The number of fused-ring (bicyclic) bond motifs is 1. The second kappa shape index (κ2) is 5.89. The molecule has 1 atom stereocenters. The molecule has 0 spiro atoms. The van der Waals surface area contributed by atoms with Crippen molar-refractivity contribution >= 4 is 11.6 Å². The molecule has 0 aromatic heterocycles. The normalized spacial score (nSPS) is 15.6. The molecule has 0 aliphatic carbocycles. The van der Waals surface area contributed by atoms with Crippen LogP contribution in [0.4, 0.5) is 10.1 Å². The first-order valence-electron chi connectivity index (χ1n) is 7.47. The summed E-state index contributed by atoms with van der Waals surface area (Å²) in [7, 11) is 0. The number of nitrogens with zero attached hydrogens (tertiary/aromatic N) is 1. The highest BCUT2D eigenvalue weighted by atomic mass is 19.1. The van der Waals surface area contributed by atoms with Crippen molar-refractivity contribution in [3.8, 4) is 0 Å². The van der Waals surface area contributed by atoms with Crippen LogP contribution in [0, 0.1) is 5.82 Å². The Labute approximate surface area is 129 Å². The number of carbonyl (C=O) groups excluding carboxylic acids is 1. The lowest BCUT2D eigenvalue weighted by atomic mass is 9.94. The first-order valence-corrected chi connectivity index (χ1v) is 7.47. The molecule has 1 aliphatic heterocycles. The van der Waals surface area contributed by atoms with E-state index in [0.717, 1.165) is 16.8 Å². The van der Waals surface area contributed by atoms with E-state index in [0.29, 0.717) is 24.9 Å². The fourth-order valence-corrected chi connectivity index (χ4v) is 2.93. The number of benzene rings is 2. The van der Waals surface area contributed by atoms with Crippen molar-refractivity contribution in [2.45, 2.75) is 25.9 Å². The van der Waals surface area contributed by atoms with Crippen LogP contribution in [0.2, 0.25) is 0 Å². The molecule has 1 heterocycles. The Morgan fingerprint density at radius 3 is 2.50 bits per heavy atom. The molecular weight excluding hydrogens is 281 g/mol. The molecule has 3 rings (SSSR count). The van der Waals surface area contributed by atoms with Crippen molar-refractivity contribution < 1.29 is 14.3 Å². The Bertz CT molecular complexity index is 697. The summed E-state index contributed by atoms with van der Waals surface area (Å²) in [4.78, 5) is 13.7. The lowest BCUT2D eigenvalue weighted by Crippen LogP contribution is -2.34. The third-order valence-corrected chi connectivity index (χ3v) is 4.12. The molecule has 0 saturated carbocycles. The number of amides is 1. The van der Waals surface area contributed by atoms with Gasteiger partial charge >= 0.3 is 0 Å². The summed E-state index contributed by atoms with van der Waals surface area (Å²) in [6.07, 6.45) is 0.393. The molecule has 0 fully saturated rings. The molecule has 0 radical (unpaired) electrons. The van der Waals surface area contributed by atoms with Crippen LogP contribution in [0.1, 0.15) is 36.1 Å². The van der Waals surface area contributed by atoms with E-state index in [9.17, 15) is 14.3 Å². The van der Waals surface area contributed by atoms with Gasteiger partial charge in [-0.1, -0.05) is 24.3 Å². The van der Waals surface area contributed by atoms with Crippen molar-refractivity contribution in [3.63, 3.8) is 0 Å². The molecule has 114 valence electrons. The van der Waals surface area contributed by atoms with E-state index in [4.69, 9.17) is 0 Å². The highest BCUT2D eigenvalue weighted by molar-refractivity contribution is 5.96. The van der Waals surface area contributed by atoms with Gasteiger partial charge in [0.05, 0.1) is 0 Å². The second-order valence-corrected chi connectivity index (χ2v) is 5.48. The molecule has 2 aromatic carbocycles. The van der Waals surface area contributed by atoms with Crippen LogP contribution in [0.15, 0.2) is 42.5 Å². The number of hydrogen-bond acceptors (Lipinski definition) is 2. The number of carbonyl (C=O) groups is 1. The standard InChI is InChI=1S/C18H18FNO2/c1-2-20-16-9-5-14(11-13(16)6-10-17(20)21)18(22)12-3-7-15(19)8-4-12/h3-5,7-9,11,18,22H,2,6,10H2,1H3. The Balaban J connectivity index is 1.93. The van der Waals surface area contributed by atoms with Gasteiger partial charge in [0.15, 0.2) is 0 Å². The van der Waals surface area contributed by atoms with Crippen LogP contribution in [0.3, 0.4) is 0 Å². The van der Waals surface area contributed by atoms with Crippen molar-refractivity contribution in [3.05, 3.63) is 65.0 Å². The first-order chi connectivity index (χ1) is 10.6. The Morgan fingerprint density at radius 2 is 1.82 bits per heavy atom. The number of halogens is 1. The topological polar surface area (TPSA) is 40.5 Å². The highest BCUT2D eigenvalue weighted by Crippen LogP contribution is 2.32. The van der Waals surface area contributed by atoms with Gasteiger partial charge in [-0.25, -0.2) is 4.39 Å². The molecule has 1 amide bonds. The second-order valence-electron chi connectivity index (χ2n) is 5.48. The van der Waals surface area contributed by atoms with Crippen LogP contribution < -0.4 is 4.90 Å². The first kappa shape index (κ1) is 14.7. The fourth-order valence-electron chi connectivity index (χ4n) is 2.93. The van der Waals surface area contributed by atoms with Gasteiger partial charge in [0.1, 0.15) is 11.9 Å². The Kier molecular flexibility index (Phi) is 3.94. The van der Waals surface area contributed by atoms with E-state index in [1.54, 1.807) is 17.0 Å². The average Bonchev–Trinajstić information content (AvgIpc) is 2.54. The van der Waals surface area contributed by atoms with Gasteiger partial charge in [-0.15, -0.1) is 0 Å². The highest BCUT2D eigenvalue weighted by Gasteiger charge is 2.23. The van der Waals surface area contributed by atoms with Crippen molar-refractivity contribution in [2.75, 3.05) is 11.4 Å². The van der Waals surface area contributed by atoms with Gasteiger partial charge in [-0.3, -0.25) is 4.79 Å². The predicted octanol–water partition coefficient (Wildman–Crippen LogP) is 3.21. The largest absolute Gasteiger partial charge is 0.384 e. The zero-order valence-corrected chi connectivity index (χ0v) is 12.4. The van der Waals surface area contributed by atoms with Gasteiger partial charge in [0.2, 0.25) is 5.91 Å². The van der Waals surface area contributed by atoms with Gasteiger partial charge < -0.3 is 10.0 Å². The molecule has 22 heavy (non-hydrogen) atoms. The molecular formula is C18H18FNO2. The summed E-state index contributed by atoms with van der Waals surface area (Å²) >= 11 is 0. The van der Waals surface area contributed by atoms with Gasteiger partial charge in [-0.2, -0.15) is 0 Å². The molecule has 1 N–H and O–H groups in total. The maximum atomic E-state index is 13.0.